The van der Waals surface area contributed by atoms with Gasteiger partial charge in [0.2, 0.25) is 0 Å². The van der Waals surface area contributed by atoms with Gasteiger partial charge in [-0.2, -0.15) is 0 Å². The second-order valence-electron chi connectivity index (χ2n) is 5.81. The van der Waals surface area contributed by atoms with Crippen molar-refractivity contribution in [2.24, 2.45) is 5.92 Å². The van der Waals surface area contributed by atoms with Crippen molar-refractivity contribution < 1.29 is 4.74 Å². The summed E-state index contributed by atoms with van der Waals surface area (Å²) < 4.78 is 5.74. The van der Waals surface area contributed by atoms with Gasteiger partial charge < -0.3 is 4.74 Å². The molecular formula is C18H36O. The molecule has 0 rings (SSSR count). The van der Waals surface area contributed by atoms with Gasteiger partial charge in [-0.15, -0.1) is 0 Å². The third-order valence-electron chi connectivity index (χ3n) is 3.93. The summed E-state index contributed by atoms with van der Waals surface area (Å²) in [5.41, 5.74) is 0. The molecule has 0 radical (unpaired) electrons. The van der Waals surface area contributed by atoms with Crippen LogP contribution in [0, 0.1) is 5.92 Å². The average Bonchev–Trinajstić information content (AvgIpc) is 2.39. The zero-order valence-electron chi connectivity index (χ0n) is 13.6. The minimum atomic E-state index is 0.405. The molecule has 0 aliphatic carbocycles. The molecule has 0 aliphatic rings. The van der Waals surface area contributed by atoms with E-state index in [9.17, 15) is 0 Å². The second kappa shape index (κ2) is 14.0. The van der Waals surface area contributed by atoms with Gasteiger partial charge in [-0.25, -0.2) is 0 Å². The summed E-state index contributed by atoms with van der Waals surface area (Å²) >= 11 is 0. The molecule has 0 aromatic rings. The largest absolute Gasteiger partial charge is 0.499 e. The highest BCUT2D eigenvalue weighted by molar-refractivity contribution is 4.70. The molecule has 0 aromatic carbocycles. The fourth-order valence-electron chi connectivity index (χ4n) is 2.84. The predicted octanol–water partition coefficient (Wildman–Crippen LogP) is 6.48. The van der Waals surface area contributed by atoms with Crippen LogP contribution in [-0.4, -0.2) is 6.10 Å². The standard InChI is InChI=1S/C18H36O/c1-5-9-11-14-17(13-7-3)16-18(19-8-4)15-12-10-6-2/h8,17-18H,4-7,9-16H2,1-3H3. The van der Waals surface area contributed by atoms with E-state index in [1.54, 1.807) is 6.26 Å². The Morgan fingerprint density at radius 2 is 1.47 bits per heavy atom. The van der Waals surface area contributed by atoms with E-state index in [0.717, 1.165) is 5.92 Å². The van der Waals surface area contributed by atoms with Crippen LogP contribution in [0.5, 0.6) is 0 Å². The minimum Gasteiger partial charge on any atom is -0.499 e. The Bertz CT molecular complexity index is 188. The Hall–Kier alpha value is -0.460. The third-order valence-corrected chi connectivity index (χ3v) is 3.93. The predicted molar refractivity (Wildman–Crippen MR) is 86.4 cm³/mol. The molecule has 2 unspecified atom stereocenters. The lowest BCUT2D eigenvalue weighted by atomic mass is 9.89. The van der Waals surface area contributed by atoms with Crippen LogP contribution in [-0.2, 0) is 4.74 Å². The number of unbranched alkanes of at least 4 members (excludes halogenated alkanes) is 4. The van der Waals surface area contributed by atoms with Crippen LogP contribution < -0.4 is 0 Å². The summed E-state index contributed by atoms with van der Waals surface area (Å²) in [5.74, 6) is 0.850. The van der Waals surface area contributed by atoms with E-state index < -0.39 is 0 Å². The molecule has 0 bridgehead atoms. The first-order chi connectivity index (χ1) is 9.28. The molecule has 1 nitrogen and oxygen atoms in total. The normalized spacial score (nSPS) is 14.1. The molecule has 0 saturated heterocycles. The molecule has 0 fully saturated rings. The van der Waals surface area contributed by atoms with Crippen LogP contribution in [0.2, 0.25) is 0 Å². The molecule has 0 heterocycles. The summed E-state index contributed by atoms with van der Waals surface area (Å²) in [6, 6.07) is 0. The smallest absolute Gasteiger partial charge is 0.0980 e. The Labute approximate surface area is 121 Å². The highest BCUT2D eigenvalue weighted by Gasteiger charge is 2.16. The van der Waals surface area contributed by atoms with Gasteiger partial charge in [0, 0.05) is 0 Å². The summed E-state index contributed by atoms with van der Waals surface area (Å²) in [7, 11) is 0. The maximum Gasteiger partial charge on any atom is 0.0980 e. The van der Waals surface area contributed by atoms with E-state index >= 15 is 0 Å². The van der Waals surface area contributed by atoms with Crippen molar-refractivity contribution in [2.45, 2.75) is 97.5 Å². The van der Waals surface area contributed by atoms with Crippen molar-refractivity contribution in [1.29, 1.82) is 0 Å². The van der Waals surface area contributed by atoms with Crippen LogP contribution in [0.4, 0.5) is 0 Å². The maximum absolute atomic E-state index is 5.74. The average molecular weight is 268 g/mol. The van der Waals surface area contributed by atoms with Crippen molar-refractivity contribution in [2.75, 3.05) is 0 Å². The van der Waals surface area contributed by atoms with Gasteiger partial charge in [0.05, 0.1) is 12.4 Å². The third kappa shape index (κ3) is 11.1. The van der Waals surface area contributed by atoms with Crippen LogP contribution >= 0.6 is 0 Å². The minimum absolute atomic E-state index is 0.405. The lowest BCUT2D eigenvalue weighted by Crippen LogP contribution is -2.16. The molecular weight excluding hydrogens is 232 g/mol. The fourth-order valence-corrected chi connectivity index (χ4v) is 2.84. The lowest BCUT2D eigenvalue weighted by molar-refractivity contribution is 0.102. The lowest BCUT2D eigenvalue weighted by Gasteiger charge is -2.23. The maximum atomic E-state index is 5.74. The summed E-state index contributed by atoms with van der Waals surface area (Å²) in [5, 5.41) is 0. The van der Waals surface area contributed by atoms with Crippen LogP contribution in [0.3, 0.4) is 0 Å². The number of rotatable bonds is 14. The topological polar surface area (TPSA) is 9.23 Å². The van der Waals surface area contributed by atoms with E-state index in [1.165, 1.54) is 70.6 Å². The zero-order chi connectivity index (χ0) is 14.3. The van der Waals surface area contributed by atoms with Gasteiger partial charge in [-0.1, -0.05) is 78.7 Å². The van der Waals surface area contributed by atoms with Crippen molar-refractivity contribution in [3.8, 4) is 0 Å². The van der Waals surface area contributed by atoms with Gasteiger partial charge in [-0.3, -0.25) is 0 Å². The monoisotopic (exact) mass is 268 g/mol. The van der Waals surface area contributed by atoms with Crippen molar-refractivity contribution in [1.82, 2.24) is 0 Å². The summed E-state index contributed by atoms with van der Waals surface area (Å²) in [6.45, 7) is 10.6. The van der Waals surface area contributed by atoms with E-state index in [1.807, 2.05) is 0 Å². The molecule has 19 heavy (non-hydrogen) atoms. The molecule has 0 amide bonds. The highest BCUT2D eigenvalue weighted by atomic mass is 16.5. The van der Waals surface area contributed by atoms with E-state index in [0.29, 0.717) is 6.10 Å². The van der Waals surface area contributed by atoms with Crippen LogP contribution in [0.15, 0.2) is 12.8 Å². The molecule has 2 atom stereocenters. The van der Waals surface area contributed by atoms with E-state index in [4.69, 9.17) is 4.74 Å². The van der Waals surface area contributed by atoms with Gasteiger partial charge in [0.1, 0.15) is 0 Å². The summed E-state index contributed by atoms with van der Waals surface area (Å²) in [6.07, 6.45) is 16.5. The fraction of sp³-hybridized carbons (Fsp3) is 0.889. The zero-order valence-corrected chi connectivity index (χ0v) is 13.6. The summed E-state index contributed by atoms with van der Waals surface area (Å²) in [4.78, 5) is 0. The SMILES string of the molecule is C=COC(CCCCC)CC(CCC)CCCCC. The van der Waals surface area contributed by atoms with Gasteiger partial charge in [0.15, 0.2) is 0 Å². The quantitative estimate of drug-likeness (QED) is 0.259. The highest BCUT2D eigenvalue weighted by Crippen LogP contribution is 2.24. The Kier molecular flexibility index (Phi) is 13.6. The number of hydrogen-bond donors (Lipinski definition) is 0. The van der Waals surface area contributed by atoms with Crippen molar-refractivity contribution >= 4 is 0 Å². The molecule has 1 heteroatoms. The molecule has 114 valence electrons. The Morgan fingerprint density at radius 3 is 2.00 bits per heavy atom. The van der Waals surface area contributed by atoms with Gasteiger partial charge in [0.25, 0.3) is 0 Å². The van der Waals surface area contributed by atoms with Crippen molar-refractivity contribution in [3.63, 3.8) is 0 Å². The molecule has 0 aliphatic heterocycles. The first kappa shape index (κ1) is 18.5. The number of ether oxygens (including phenoxy) is 1. The first-order valence-electron chi connectivity index (χ1n) is 8.54. The van der Waals surface area contributed by atoms with Crippen LogP contribution in [0.1, 0.15) is 91.4 Å². The van der Waals surface area contributed by atoms with Crippen LogP contribution in [0.25, 0.3) is 0 Å². The van der Waals surface area contributed by atoms with E-state index in [2.05, 4.69) is 27.4 Å². The molecule has 0 aromatic heterocycles. The molecule has 0 N–H and O–H groups in total. The van der Waals surface area contributed by atoms with Crippen molar-refractivity contribution in [3.05, 3.63) is 12.8 Å². The Morgan fingerprint density at radius 1 is 0.842 bits per heavy atom. The number of hydrogen-bond acceptors (Lipinski definition) is 1. The first-order valence-corrected chi connectivity index (χ1v) is 8.54. The van der Waals surface area contributed by atoms with Gasteiger partial charge >= 0.3 is 0 Å². The van der Waals surface area contributed by atoms with E-state index in [-0.39, 0.29) is 0 Å². The van der Waals surface area contributed by atoms with Gasteiger partial charge in [-0.05, 0) is 25.2 Å². The molecule has 0 saturated carbocycles. The Balaban J connectivity index is 4.08. The molecule has 0 spiro atoms. The second-order valence-corrected chi connectivity index (χ2v) is 5.81.